The van der Waals surface area contributed by atoms with Gasteiger partial charge in [-0.25, -0.2) is 17.9 Å². The molecule has 4 aromatic carbocycles. The molecule has 4 nitrogen and oxygen atoms in total. The van der Waals surface area contributed by atoms with Crippen LogP contribution in [-0.2, 0) is 5.60 Å². The van der Waals surface area contributed by atoms with Gasteiger partial charge < -0.3 is 5.11 Å². The molecule has 0 amide bonds. The molecule has 0 radical (unpaired) electrons. The predicted octanol–water partition coefficient (Wildman–Crippen LogP) is 5.06. The molecule has 1 atom stereocenters. The van der Waals surface area contributed by atoms with Gasteiger partial charge in [-0.3, -0.25) is 0 Å². The number of hydrogen-bond acceptors (Lipinski definition) is 3. The number of rotatable bonds is 4. The number of halogens is 3. The number of aromatic nitrogens is 3. The summed E-state index contributed by atoms with van der Waals surface area (Å²) in [5.41, 5.74) is 0.187. The van der Waals surface area contributed by atoms with Crippen molar-refractivity contribution in [2.24, 2.45) is 0 Å². The molecule has 0 spiro atoms. The zero-order valence-electron chi connectivity index (χ0n) is 16.1. The van der Waals surface area contributed by atoms with Gasteiger partial charge in [-0.2, -0.15) is 0 Å². The van der Waals surface area contributed by atoms with Crippen molar-refractivity contribution in [3.8, 4) is 5.69 Å². The summed E-state index contributed by atoms with van der Waals surface area (Å²) in [5, 5.41) is 20.3. The van der Waals surface area contributed by atoms with Crippen LogP contribution in [0.25, 0.3) is 27.5 Å². The van der Waals surface area contributed by atoms with Gasteiger partial charge in [-0.1, -0.05) is 41.6 Å². The molecule has 1 unspecified atom stereocenters. The number of benzene rings is 4. The van der Waals surface area contributed by atoms with E-state index in [4.69, 9.17) is 0 Å². The van der Waals surface area contributed by atoms with Gasteiger partial charge in [-0.05, 0) is 59.0 Å². The first-order chi connectivity index (χ1) is 15.0. The maximum absolute atomic E-state index is 14.3. The van der Waals surface area contributed by atoms with E-state index >= 15 is 0 Å². The summed E-state index contributed by atoms with van der Waals surface area (Å²) >= 11 is 0. The van der Waals surface area contributed by atoms with E-state index < -0.39 is 18.1 Å². The molecule has 0 aliphatic carbocycles. The van der Waals surface area contributed by atoms with Crippen LogP contribution in [0.5, 0.6) is 0 Å². The van der Waals surface area contributed by atoms with E-state index in [-0.39, 0.29) is 16.9 Å². The smallest absolute Gasteiger partial charge is 0.143 e. The van der Waals surface area contributed by atoms with Gasteiger partial charge in [0.1, 0.15) is 29.4 Å². The topological polar surface area (TPSA) is 50.9 Å². The second kappa shape index (κ2) is 7.21. The lowest BCUT2D eigenvalue weighted by Crippen LogP contribution is -2.30. The third-order valence-corrected chi connectivity index (χ3v) is 5.50. The van der Waals surface area contributed by atoms with Gasteiger partial charge in [-0.15, -0.1) is 5.10 Å². The number of nitrogens with zero attached hydrogens (tertiary/aromatic N) is 3. The average Bonchev–Trinajstić information content (AvgIpc) is 3.23. The molecule has 1 heterocycles. The minimum absolute atomic E-state index is 0.261. The first-order valence-electron chi connectivity index (χ1n) is 9.59. The van der Waals surface area contributed by atoms with Gasteiger partial charge in [0.05, 0.1) is 11.2 Å². The monoisotopic (exact) mass is 419 g/mol. The van der Waals surface area contributed by atoms with Crippen molar-refractivity contribution < 1.29 is 18.3 Å². The maximum Gasteiger partial charge on any atom is 0.143 e. The van der Waals surface area contributed by atoms with Crippen LogP contribution in [-0.4, -0.2) is 26.8 Å². The maximum atomic E-state index is 14.3. The minimum atomic E-state index is -2.00. The lowest BCUT2D eigenvalue weighted by atomic mass is 9.84. The molecule has 0 aliphatic heterocycles. The fourth-order valence-electron chi connectivity index (χ4n) is 3.88. The van der Waals surface area contributed by atoms with E-state index in [2.05, 4.69) is 10.3 Å². The molecule has 154 valence electrons. The highest BCUT2D eigenvalue weighted by Crippen LogP contribution is 2.37. The molecule has 5 aromatic rings. The van der Waals surface area contributed by atoms with Crippen LogP contribution < -0.4 is 0 Å². The summed E-state index contributed by atoms with van der Waals surface area (Å²) in [6.45, 7) is -1.11. The SMILES string of the molecule is OC(CF)(c1ccc2c(c1)nnn2-c1ccc(F)cc1)c1ccc(F)c2ccccc12. The van der Waals surface area contributed by atoms with Gasteiger partial charge >= 0.3 is 0 Å². The van der Waals surface area contributed by atoms with Crippen molar-refractivity contribution in [3.63, 3.8) is 0 Å². The standard InChI is InChI=1S/C24H16F3N3O/c25-14-24(31,20-10-11-21(27)19-4-2-1-3-18(19)20)15-5-12-23-22(13-15)28-29-30(23)17-8-6-16(26)7-9-17/h1-13,31H,14H2. The third-order valence-electron chi connectivity index (χ3n) is 5.50. The van der Waals surface area contributed by atoms with Crippen LogP contribution in [0.2, 0.25) is 0 Å². The van der Waals surface area contributed by atoms with Crippen molar-refractivity contribution >= 4 is 21.8 Å². The van der Waals surface area contributed by atoms with Crippen molar-refractivity contribution in [1.29, 1.82) is 0 Å². The Morgan fingerprint density at radius 2 is 1.61 bits per heavy atom. The molecule has 0 fully saturated rings. The van der Waals surface area contributed by atoms with E-state index in [1.54, 1.807) is 54.6 Å². The quantitative estimate of drug-likeness (QED) is 0.443. The Kier molecular flexibility index (Phi) is 4.48. The highest BCUT2D eigenvalue weighted by Gasteiger charge is 2.34. The summed E-state index contributed by atoms with van der Waals surface area (Å²) in [6.07, 6.45) is 0. The fourth-order valence-corrected chi connectivity index (χ4v) is 3.88. The van der Waals surface area contributed by atoms with E-state index in [0.717, 1.165) is 0 Å². The molecule has 0 saturated carbocycles. The van der Waals surface area contributed by atoms with Crippen LogP contribution in [0.4, 0.5) is 13.2 Å². The summed E-state index contributed by atoms with van der Waals surface area (Å²) in [4.78, 5) is 0. The Labute approximate surface area is 175 Å². The second-order valence-corrected chi connectivity index (χ2v) is 7.32. The first kappa shape index (κ1) is 19.3. The van der Waals surface area contributed by atoms with Crippen molar-refractivity contribution in [2.75, 3.05) is 6.67 Å². The molecule has 31 heavy (non-hydrogen) atoms. The zero-order chi connectivity index (χ0) is 21.6. The van der Waals surface area contributed by atoms with Gasteiger partial charge in [0.25, 0.3) is 0 Å². The van der Waals surface area contributed by atoms with Crippen LogP contribution in [0.1, 0.15) is 11.1 Å². The van der Waals surface area contributed by atoms with E-state index in [9.17, 15) is 18.3 Å². The number of aliphatic hydroxyl groups is 1. The van der Waals surface area contributed by atoms with Gasteiger partial charge in [0.2, 0.25) is 0 Å². The molecule has 0 aliphatic rings. The van der Waals surface area contributed by atoms with Crippen molar-refractivity contribution in [1.82, 2.24) is 15.0 Å². The van der Waals surface area contributed by atoms with E-state index in [1.165, 1.54) is 28.9 Å². The van der Waals surface area contributed by atoms with E-state index in [1.807, 2.05) is 0 Å². The lowest BCUT2D eigenvalue weighted by Gasteiger charge is -2.27. The number of alkyl halides is 1. The summed E-state index contributed by atoms with van der Waals surface area (Å²) in [5.74, 6) is -0.812. The Hall–Kier alpha value is -3.71. The molecular formula is C24H16F3N3O. The van der Waals surface area contributed by atoms with Crippen LogP contribution in [0.15, 0.2) is 78.9 Å². The first-order valence-corrected chi connectivity index (χ1v) is 9.59. The van der Waals surface area contributed by atoms with E-state index in [0.29, 0.717) is 27.5 Å². The van der Waals surface area contributed by atoms with Gasteiger partial charge in [0.15, 0.2) is 0 Å². The second-order valence-electron chi connectivity index (χ2n) is 7.32. The number of fused-ring (bicyclic) bond motifs is 2. The Bertz CT molecular complexity index is 1420. The summed E-state index contributed by atoms with van der Waals surface area (Å²) in [6, 6.07) is 19.8. The Morgan fingerprint density at radius 1 is 0.871 bits per heavy atom. The predicted molar refractivity (Wildman–Crippen MR) is 112 cm³/mol. The molecule has 1 N–H and O–H groups in total. The molecule has 7 heteroatoms. The fraction of sp³-hybridized carbons (Fsp3) is 0.0833. The summed E-state index contributed by atoms with van der Waals surface area (Å²) < 4.78 is 43.3. The average molecular weight is 419 g/mol. The zero-order valence-corrected chi connectivity index (χ0v) is 16.1. The van der Waals surface area contributed by atoms with Gasteiger partial charge in [0, 0.05) is 5.39 Å². The van der Waals surface area contributed by atoms with Crippen molar-refractivity contribution in [2.45, 2.75) is 5.60 Å². The van der Waals surface area contributed by atoms with Crippen molar-refractivity contribution in [3.05, 3.63) is 102 Å². The van der Waals surface area contributed by atoms with Crippen LogP contribution in [0, 0.1) is 11.6 Å². The Balaban J connectivity index is 1.66. The Morgan fingerprint density at radius 3 is 2.35 bits per heavy atom. The van der Waals surface area contributed by atoms with Crippen LogP contribution in [0.3, 0.4) is 0 Å². The largest absolute Gasteiger partial charge is 0.378 e. The molecule has 5 rings (SSSR count). The van der Waals surface area contributed by atoms with Crippen LogP contribution >= 0.6 is 0 Å². The molecule has 0 saturated heterocycles. The highest BCUT2D eigenvalue weighted by atomic mass is 19.1. The summed E-state index contributed by atoms with van der Waals surface area (Å²) in [7, 11) is 0. The highest BCUT2D eigenvalue weighted by molar-refractivity contribution is 5.88. The molecule has 1 aromatic heterocycles. The minimum Gasteiger partial charge on any atom is -0.378 e. The third kappa shape index (κ3) is 3.05. The number of hydrogen-bond donors (Lipinski definition) is 1. The molecule has 0 bridgehead atoms. The lowest BCUT2D eigenvalue weighted by molar-refractivity contribution is 0.0533. The normalized spacial score (nSPS) is 13.5. The molecular weight excluding hydrogens is 403 g/mol.